The lowest BCUT2D eigenvalue weighted by molar-refractivity contribution is -0.109. The Morgan fingerprint density at radius 3 is 2.57 bits per heavy atom. The zero-order valence-corrected chi connectivity index (χ0v) is 10.3. The van der Waals surface area contributed by atoms with Gasteiger partial charge in [-0.25, -0.2) is 0 Å². The van der Waals surface area contributed by atoms with E-state index < -0.39 is 0 Å². The van der Waals surface area contributed by atoms with Crippen molar-refractivity contribution >= 4 is 28.6 Å². The van der Waals surface area contributed by atoms with Crippen LogP contribution in [-0.4, -0.2) is 21.4 Å². The monoisotopic (exact) mass is 230 g/mol. The van der Waals surface area contributed by atoms with Crippen LogP contribution >= 0.6 is 23.5 Å². The summed E-state index contributed by atoms with van der Waals surface area (Å²) in [5, 5.41) is 2.12. The molecule has 0 aromatic carbocycles. The van der Waals surface area contributed by atoms with Gasteiger partial charge in [0.25, 0.3) is 0 Å². The van der Waals surface area contributed by atoms with Crippen LogP contribution in [0.15, 0.2) is 0 Å². The van der Waals surface area contributed by atoms with Crippen molar-refractivity contribution in [1.82, 2.24) is 0 Å². The van der Waals surface area contributed by atoms with Gasteiger partial charge in [-0.05, 0) is 31.6 Å². The minimum absolute atomic E-state index is 0.286. The van der Waals surface area contributed by atoms with Crippen LogP contribution < -0.4 is 0 Å². The summed E-state index contributed by atoms with van der Waals surface area (Å²) >= 11 is 3.75. The van der Waals surface area contributed by atoms with Crippen LogP contribution in [0.25, 0.3) is 0 Å². The quantitative estimate of drug-likeness (QED) is 0.724. The van der Waals surface area contributed by atoms with Crippen molar-refractivity contribution in [3.05, 3.63) is 0 Å². The normalized spacial score (nSPS) is 36.8. The Balaban J connectivity index is 1.80. The summed E-state index contributed by atoms with van der Waals surface area (Å²) in [4.78, 5) is 10.9. The van der Waals surface area contributed by atoms with Gasteiger partial charge in [-0.15, -0.1) is 0 Å². The molecule has 14 heavy (non-hydrogen) atoms. The molecular weight excluding hydrogens is 212 g/mol. The predicted octanol–water partition coefficient (Wildman–Crippen LogP) is 3.33. The van der Waals surface area contributed by atoms with E-state index in [4.69, 9.17) is 0 Å². The zero-order chi connectivity index (χ0) is 9.97. The molecule has 3 heteroatoms. The predicted molar refractivity (Wildman–Crippen MR) is 64.9 cm³/mol. The largest absolute Gasteiger partial charge is 0.288 e. The first-order valence-electron chi connectivity index (χ1n) is 5.53. The second-order valence-electron chi connectivity index (χ2n) is 4.45. The van der Waals surface area contributed by atoms with Crippen LogP contribution in [0.3, 0.4) is 0 Å². The molecule has 0 radical (unpaired) electrons. The molecule has 2 heterocycles. The molecule has 2 aliphatic heterocycles. The van der Waals surface area contributed by atoms with Crippen molar-refractivity contribution in [2.75, 3.05) is 5.75 Å². The minimum atomic E-state index is 0.286. The second kappa shape index (κ2) is 4.93. The molecule has 0 saturated carbocycles. The molecule has 2 bridgehead atoms. The average molecular weight is 230 g/mol. The molecule has 0 aromatic heterocycles. The topological polar surface area (TPSA) is 17.1 Å². The fourth-order valence-corrected chi connectivity index (χ4v) is 5.20. The maximum absolute atomic E-state index is 10.9. The van der Waals surface area contributed by atoms with Gasteiger partial charge in [0, 0.05) is 23.2 Å². The van der Waals surface area contributed by atoms with E-state index in [0.29, 0.717) is 0 Å². The van der Waals surface area contributed by atoms with Crippen LogP contribution in [-0.2, 0) is 4.79 Å². The summed E-state index contributed by atoms with van der Waals surface area (Å²) in [6.07, 6.45) is 7.00. The number of rotatable bonds is 2. The minimum Gasteiger partial charge on any atom is -0.288 e. The van der Waals surface area contributed by atoms with E-state index in [-0.39, 0.29) is 5.12 Å². The van der Waals surface area contributed by atoms with E-state index >= 15 is 0 Å². The van der Waals surface area contributed by atoms with Crippen LogP contribution in [0.5, 0.6) is 0 Å². The molecule has 1 nitrogen and oxygen atoms in total. The lowest BCUT2D eigenvalue weighted by Gasteiger charge is -2.38. The fourth-order valence-electron chi connectivity index (χ4n) is 2.54. The number of thioether (sulfide) groups is 2. The van der Waals surface area contributed by atoms with Gasteiger partial charge in [0.05, 0.1) is 0 Å². The molecule has 2 aliphatic rings. The van der Waals surface area contributed by atoms with Crippen molar-refractivity contribution in [2.45, 2.75) is 49.5 Å². The maximum Gasteiger partial charge on any atom is 0.185 e. The Morgan fingerprint density at radius 2 is 2.00 bits per heavy atom. The highest BCUT2D eigenvalue weighted by atomic mass is 32.2. The maximum atomic E-state index is 10.9. The van der Waals surface area contributed by atoms with E-state index in [1.165, 1.54) is 43.9 Å². The number of carbonyl (C=O) groups excluding carboxylic acids is 1. The average Bonchev–Trinajstić information content (AvgIpc) is 2.14. The Hall–Kier alpha value is 0.370. The lowest BCUT2D eigenvalue weighted by atomic mass is 9.91. The third-order valence-electron chi connectivity index (χ3n) is 3.15. The Labute approximate surface area is 94.8 Å². The van der Waals surface area contributed by atoms with E-state index in [0.717, 1.165) is 22.2 Å². The van der Waals surface area contributed by atoms with Gasteiger partial charge in [-0.3, -0.25) is 4.79 Å². The van der Waals surface area contributed by atoms with Crippen LogP contribution in [0.1, 0.15) is 39.0 Å². The first-order valence-corrected chi connectivity index (χ1v) is 7.45. The molecule has 2 atom stereocenters. The molecule has 80 valence electrons. The third kappa shape index (κ3) is 2.93. The van der Waals surface area contributed by atoms with Crippen molar-refractivity contribution in [3.63, 3.8) is 0 Å². The molecule has 0 spiro atoms. The summed E-state index contributed by atoms with van der Waals surface area (Å²) in [5.41, 5.74) is 0. The van der Waals surface area contributed by atoms with Gasteiger partial charge < -0.3 is 0 Å². The van der Waals surface area contributed by atoms with Crippen molar-refractivity contribution in [2.24, 2.45) is 5.92 Å². The van der Waals surface area contributed by atoms with E-state index in [1.54, 1.807) is 6.92 Å². The van der Waals surface area contributed by atoms with Crippen LogP contribution in [0.4, 0.5) is 0 Å². The van der Waals surface area contributed by atoms with E-state index in [9.17, 15) is 4.79 Å². The van der Waals surface area contributed by atoms with Gasteiger partial charge in [0.15, 0.2) is 5.12 Å². The van der Waals surface area contributed by atoms with Gasteiger partial charge in [-0.1, -0.05) is 18.2 Å². The Morgan fingerprint density at radius 1 is 1.36 bits per heavy atom. The van der Waals surface area contributed by atoms with Crippen molar-refractivity contribution in [3.8, 4) is 0 Å². The highest BCUT2D eigenvalue weighted by molar-refractivity contribution is 8.13. The Bertz CT molecular complexity index is 205. The van der Waals surface area contributed by atoms with Crippen molar-refractivity contribution < 1.29 is 4.79 Å². The molecule has 2 fully saturated rings. The summed E-state index contributed by atoms with van der Waals surface area (Å²) in [5.74, 6) is 1.89. The standard InChI is InChI=1S/C11H18OS2/c1-8(12)13-7-9-5-10-3-2-4-11(6-9)14-10/h9-11H,2-7H2,1H3. The summed E-state index contributed by atoms with van der Waals surface area (Å²) < 4.78 is 0. The summed E-state index contributed by atoms with van der Waals surface area (Å²) in [7, 11) is 0. The molecule has 0 amide bonds. The molecular formula is C11H18OS2. The van der Waals surface area contributed by atoms with Gasteiger partial charge in [-0.2, -0.15) is 11.8 Å². The second-order valence-corrected chi connectivity index (χ2v) is 7.25. The van der Waals surface area contributed by atoms with E-state index in [2.05, 4.69) is 11.8 Å². The van der Waals surface area contributed by atoms with Crippen molar-refractivity contribution in [1.29, 1.82) is 0 Å². The first kappa shape index (κ1) is 10.9. The fraction of sp³-hybridized carbons (Fsp3) is 0.909. The highest BCUT2D eigenvalue weighted by Crippen LogP contribution is 2.44. The molecule has 2 unspecified atom stereocenters. The van der Waals surface area contributed by atoms with E-state index in [1.807, 2.05) is 0 Å². The Kier molecular flexibility index (Phi) is 3.83. The lowest BCUT2D eigenvalue weighted by Crippen LogP contribution is -2.30. The summed E-state index contributed by atoms with van der Waals surface area (Å²) in [6, 6.07) is 0. The first-order chi connectivity index (χ1) is 6.74. The molecule has 0 aromatic rings. The molecule has 2 saturated heterocycles. The van der Waals surface area contributed by atoms with Crippen LogP contribution in [0.2, 0.25) is 0 Å². The van der Waals surface area contributed by atoms with Gasteiger partial charge in [0.1, 0.15) is 0 Å². The zero-order valence-electron chi connectivity index (χ0n) is 8.70. The van der Waals surface area contributed by atoms with Gasteiger partial charge >= 0.3 is 0 Å². The smallest absolute Gasteiger partial charge is 0.185 e. The van der Waals surface area contributed by atoms with Gasteiger partial charge in [0.2, 0.25) is 0 Å². The molecule has 0 N–H and O–H groups in total. The van der Waals surface area contributed by atoms with Crippen LogP contribution in [0, 0.1) is 5.92 Å². The number of carbonyl (C=O) groups is 1. The highest BCUT2D eigenvalue weighted by Gasteiger charge is 2.32. The number of hydrogen-bond donors (Lipinski definition) is 0. The molecule has 2 rings (SSSR count). The number of fused-ring (bicyclic) bond motifs is 2. The summed E-state index contributed by atoms with van der Waals surface area (Å²) in [6.45, 7) is 1.68. The third-order valence-corrected chi connectivity index (χ3v) is 5.82. The number of hydrogen-bond acceptors (Lipinski definition) is 3. The molecule has 0 aliphatic carbocycles. The SMILES string of the molecule is CC(=O)SCC1CC2CCCC(C1)S2.